The van der Waals surface area contributed by atoms with Crippen LogP contribution in [0.3, 0.4) is 0 Å². The van der Waals surface area contributed by atoms with Crippen molar-refractivity contribution in [1.82, 2.24) is 4.98 Å². The lowest BCUT2D eigenvalue weighted by molar-refractivity contribution is 0.540. The third-order valence-corrected chi connectivity index (χ3v) is 3.92. The van der Waals surface area contributed by atoms with E-state index in [1.165, 1.54) is 4.90 Å². The van der Waals surface area contributed by atoms with Crippen LogP contribution >= 0.6 is 24.0 Å². The van der Waals surface area contributed by atoms with Crippen molar-refractivity contribution in [3.8, 4) is 11.5 Å². The molecule has 94 valence electrons. The fourth-order valence-corrected chi connectivity index (χ4v) is 2.54. The first-order valence-electron chi connectivity index (χ1n) is 5.82. The molecular weight excluding hydrogens is 274 g/mol. The molecular formula is C15H11NOS2. The predicted molar refractivity (Wildman–Crippen MR) is 82.1 cm³/mol. The maximum Gasteiger partial charge on any atom is 0.228 e. The minimum Gasteiger partial charge on any atom is -0.426 e. The molecule has 4 heteroatoms. The summed E-state index contributed by atoms with van der Waals surface area (Å²) in [5.41, 5.74) is 1.80. The number of para-hydroxylation sites is 1. The van der Waals surface area contributed by atoms with E-state index in [1.54, 1.807) is 11.8 Å². The Labute approximate surface area is 120 Å². The Kier molecular flexibility index (Phi) is 3.36. The molecule has 0 fully saturated rings. The third kappa shape index (κ3) is 2.41. The fraction of sp³-hybridized carbons (Fsp3) is 0.0667. The van der Waals surface area contributed by atoms with Gasteiger partial charge in [-0.15, -0.1) is 11.8 Å². The molecule has 0 saturated heterocycles. The summed E-state index contributed by atoms with van der Waals surface area (Å²) in [6.07, 6.45) is 2.05. The zero-order valence-corrected chi connectivity index (χ0v) is 11.9. The smallest absolute Gasteiger partial charge is 0.228 e. The molecule has 0 aliphatic heterocycles. The fourth-order valence-electron chi connectivity index (χ4n) is 1.88. The number of benzene rings is 2. The van der Waals surface area contributed by atoms with Gasteiger partial charge in [-0.1, -0.05) is 12.1 Å². The first-order chi connectivity index (χ1) is 9.28. The Morgan fingerprint density at radius 1 is 1.05 bits per heavy atom. The van der Waals surface area contributed by atoms with Crippen LogP contribution in [0.2, 0.25) is 0 Å². The number of hydrogen-bond donors (Lipinski definition) is 0. The number of hydrogen-bond acceptors (Lipinski definition) is 4. The Morgan fingerprint density at radius 2 is 1.79 bits per heavy atom. The summed E-state index contributed by atoms with van der Waals surface area (Å²) in [6, 6.07) is 15.9. The van der Waals surface area contributed by atoms with Gasteiger partial charge >= 0.3 is 0 Å². The van der Waals surface area contributed by atoms with Gasteiger partial charge in [-0.05, 0) is 54.9 Å². The number of fused-ring (bicyclic) bond motifs is 1. The Morgan fingerprint density at radius 3 is 2.53 bits per heavy atom. The van der Waals surface area contributed by atoms with Crippen LogP contribution in [0.15, 0.2) is 57.8 Å². The van der Waals surface area contributed by atoms with Crippen LogP contribution in [0, 0.1) is 4.71 Å². The molecule has 0 bridgehead atoms. The SMILES string of the molecule is CSc1ccc(-c2nc3ccccc3c(=S)o2)cc1. The van der Waals surface area contributed by atoms with Gasteiger partial charge in [0.05, 0.1) is 10.9 Å². The van der Waals surface area contributed by atoms with Crippen molar-refractivity contribution in [3.05, 3.63) is 53.2 Å². The molecule has 0 spiro atoms. The van der Waals surface area contributed by atoms with Crippen LogP contribution in [-0.4, -0.2) is 11.2 Å². The molecule has 0 atom stereocenters. The summed E-state index contributed by atoms with van der Waals surface area (Å²) in [4.78, 5) is 5.73. The molecule has 3 aromatic rings. The normalized spacial score (nSPS) is 10.8. The van der Waals surface area contributed by atoms with Crippen molar-refractivity contribution >= 4 is 34.9 Å². The molecule has 0 aliphatic rings. The van der Waals surface area contributed by atoms with Gasteiger partial charge in [-0.2, -0.15) is 0 Å². The summed E-state index contributed by atoms with van der Waals surface area (Å²) in [5.74, 6) is 0.566. The van der Waals surface area contributed by atoms with Crippen LogP contribution in [0.4, 0.5) is 0 Å². The number of rotatable bonds is 2. The Balaban J connectivity index is 2.16. The highest BCUT2D eigenvalue weighted by Gasteiger charge is 2.06. The number of thioether (sulfide) groups is 1. The van der Waals surface area contributed by atoms with E-state index in [-0.39, 0.29) is 0 Å². The topological polar surface area (TPSA) is 26.0 Å². The van der Waals surface area contributed by atoms with Crippen LogP contribution < -0.4 is 0 Å². The molecule has 1 heterocycles. The van der Waals surface area contributed by atoms with Crippen molar-refractivity contribution < 1.29 is 4.42 Å². The lowest BCUT2D eigenvalue weighted by Crippen LogP contribution is -1.86. The standard InChI is InChI=1S/C15H11NOS2/c1-19-11-8-6-10(7-9-11)14-16-13-5-3-2-4-12(13)15(18)17-14/h2-9H,1H3. The number of aromatic nitrogens is 1. The van der Waals surface area contributed by atoms with Gasteiger partial charge < -0.3 is 4.42 Å². The van der Waals surface area contributed by atoms with Crippen LogP contribution in [0.5, 0.6) is 0 Å². The molecule has 0 aliphatic carbocycles. The van der Waals surface area contributed by atoms with Gasteiger partial charge in [-0.25, -0.2) is 4.98 Å². The summed E-state index contributed by atoms with van der Waals surface area (Å²) >= 11 is 6.99. The molecule has 19 heavy (non-hydrogen) atoms. The summed E-state index contributed by atoms with van der Waals surface area (Å²) < 4.78 is 6.13. The zero-order chi connectivity index (χ0) is 13.2. The van der Waals surface area contributed by atoms with Crippen molar-refractivity contribution in [1.29, 1.82) is 0 Å². The summed E-state index contributed by atoms with van der Waals surface area (Å²) in [6.45, 7) is 0. The molecule has 2 nitrogen and oxygen atoms in total. The van der Waals surface area contributed by atoms with Gasteiger partial charge in [0.25, 0.3) is 0 Å². The minimum atomic E-state index is 0.481. The zero-order valence-electron chi connectivity index (χ0n) is 10.3. The summed E-state index contributed by atoms with van der Waals surface area (Å²) in [5, 5.41) is 0.877. The molecule has 3 rings (SSSR count). The quantitative estimate of drug-likeness (QED) is 0.492. The highest BCUT2D eigenvalue weighted by atomic mass is 32.2. The van der Waals surface area contributed by atoms with E-state index >= 15 is 0 Å². The van der Waals surface area contributed by atoms with Crippen LogP contribution in [0.25, 0.3) is 22.4 Å². The van der Waals surface area contributed by atoms with Gasteiger partial charge in [0.2, 0.25) is 10.6 Å². The highest BCUT2D eigenvalue weighted by molar-refractivity contribution is 7.98. The van der Waals surface area contributed by atoms with Crippen LogP contribution in [-0.2, 0) is 0 Å². The number of nitrogens with zero attached hydrogens (tertiary/aromatic N) is 1. The lowest BCUT2D eigenvalue weighted by atomic mass is 10.2. The van der Waals surface area contributed by atoms with Gasteiger partial charge in [0.15, 0.2) is 0 Å². The van der Waals surface area contributed by atoms with E-state index in [0.717, 1.165) is 16.5 Å². The van der Waals surface area contributed by atoms with E-state index < -0.39 is 0 Å². The van der Waals surface area contributed by atoms with Crippen molar-refractivity contribution in [2.75, 3.05) is 6.26 Å². The molecule has 2 aromatic carbocycles. The van der Waals surface area contributed by atoms with Crippen molar-refractivity contribution in [2.24, 2.45) is 0 Å². The molecule has 0 saturated carbocycles. The van der Waals surface area contributed by atoms with Crippen molar-refractivity contribution in [2.45, 2.75) is 4.90 Å². The largest absolute Gasteiger partial charge is 0.426 e. The molecule has 0 N–H and O–H groups in total. The van der Waals surface area contributed by atoms with E-state index in [1.807, 2.05) is 36.4 Å². The second kappa shape index (κ2) is 5.15. The molecule has 0 radical (unpaired) electrons. The lowest BCUT2D eigenvalue weighted by Gasteiger charge is -2.03. The van der Waals surface area contributed by atoms with Gasteiger partial charge in [-0.3, -0.25) is 0 Å². The second-order valence-corrected chi connectivity index (χ2v) is 5.30. The van der Waals surface area contributed by atoms with E-state index in [2.05, 4.69) is 23.4 Å². The Hall–Kier alpha value is -1.65. The predicted octanol–water partition coefficient (Wildman–Crippen LogP) is 4.95. The van der Waals surface area contributed by atoms with E-state index in [9.17, 15) is 0 Å². The van der Waals surface area contributed by atoms with Crippen LogP contribution in [0.1, 0.15) is 0 Å². The van der Waals surface area contributed by atoms with E-state index in [0.29, 0.717) is 10.6 Å². The Bertz CT molecular complexity index is 778. The third-order valence-electron chi connectivity index (χ3n) is 2.87. The second-order valence-electron chi connectivity index (χ2n) is 4.05. The first-order valence-corrected chi connectivity index (χ1v) is 7.45. The van der Waals surface area contributed by atoms with Crippen molar-refractivity contribution in [3.63, 3.8) is 0 Å². The molecule has 0 unspecified atom stereocenters. The summed E-state index contributed by atoms with van der Waals surface area (Å²) in [7, 11) is 0. The van der Waals surface area contributed by atoms with Gasteiger partial charge in [0.1, 0.15) is 0 Å². The maximum atomic E-state index is 5.65. The highest BCUT2D eigenvalue weighted by Crippen LogP contribution is 2.24. The first kappa shape index (κ1) is 12.4. The monoisotopic (exact) mass is 285 g/mol. The van der Waals surface area contributed by atoms with E-state index in [4.69, 9.17) is 16.6 Å². The average molecular weight is 285 g/mol. The minimum absolute atomic E-state index is 0.481. The molecule has 0 amide bonds. The maximum absolute atomic E-state index is 5.65. The van der Waals surface area contributed by atoms with Gasteiger partial charge in [0, 0.05) is 10.5 Å². The average Bonchev–Trinajstić information content (AvgIpc) is 2.47. The molecule has 1 aromatic heterocycles.